The smallest absolute Gasteiger partial charge is 0.148 e. The van der Waals surface area contributed by atoms with Crippen LogP contribution < -0.4 is 9.47 Å². The van der Waals surface area contributed by atoms with Crippen molar-refractivity contribution in [2.75, 3.05) is 59.5 Å². The predicted octanol–water partition coefficient (Wildman–Crippen LogP) is 6.72. The van der Waals surface area contributed by atoms with Crippen molar-refractivity contribution in [2.45, 2.75) is 77.0 Å². The minimum atomic E-state index is 0.414. The van der Waals surface area contributed by atoms with Crippen molar-refractivity contribution >= 4 is 22.6 Å². The van der Waals surface area contributed by atoms with Crippen LogP contribution in [0, 0.1) is 5.92 Å². The van der Waals surface area contributed by atoms with E-state index in [0.717, 1.165) is 66.2 Å². The summed E-state index contributed by atoms with van der Waals surface area (Å²) in [7, 11) is 2.24. The lowest BCUT2D eigenvalue weighted by Gasteiger charge is -2.29. The Balaban J connectivity index is 1.09. The van der Waals surface area contributed by atoms with Crippen LogP contribution in [0.25, 0.3) is 11.0 Å². The highest BCUT2D eigenvalue weighted by molar-refractivity contribution is 6.30. The SMILES string of the molecule is CN1CCC(CCCn2c(COc3ccc(Cl)cc3)nc3c(OCCCN4CCCC4CN4CCCC4)cccc32)CC1. The molecule has 3 aromatic rings. The maximum absolute atomic E-state index is 6.43. The van der Waals surface area contributed by atoms with Gasteiger partial charge in [-0.2, -0.15) is 0 Å². The monoisotopic (exact) mass is 607 g/mol. The lowest BCUT2D eigenvalue weighted by atomic mass is 9.92. The normalized spacial score (nSPS) is 20.8. The van der Waals surface area contributed by atoms with Gasteiger partial charge in [-0.05, 0) is 140 Å². The molecule has 0 spiro atoms. The van der Waals surface area contributed by atoms with E-state index in [4.69, 9.17) is 26.1 Å². The van der Waals surface area contributed by atoms with Crippen molar-refractivity contribution in [3.8, 4) is 11.5 Å². The fourth-order valence-corrected chi connectivity index (χ4v) is 7.45. The summed E-state index contributed by atoms with van der Waals surface area (Å²) in [4.78, 5) is 12.9. The van der Waals surface area contributed by atoms with Crippen LogP contribution in [0.3, 0.4) is 0 Å². The Bertz CT molecular complexity index is 1280. The second-order valence-electron chi connectivity index (χ2n) is 13.0. The third-order valence-corrected chi connectivity index (χ3v) is 10.1. The number of para-hydroxylation sites is 1. The summed E-state index contributed by atoms with van der Waals surface area (Å²) in [5.74, 6) is 3.46. The molecule has 234 valence electrons. The number of aromatic nitrogens is 2. The molecule has 0 amide bonds. The molecule has 0 bridgehead atoms. The zero-order valence-corrected chi connectivity index (χ0v) is 26.8. The van der Waals surface area contributed by atoms with Crippen molar-refractivity contribution in [3.05, 3.63) is 53.3 Å². The Labute approximate surface area is 263 Å². The summed E-state index contributed by atoms with van der Waals surface area (Å²) < 4.78 is 15.0. The molecule has 6 rings (SSSR count). The topological polar surface area (TPSA) is 46.0 Å². The number of ether oxygens (including phenoxy) is 2. The molecule has 0 radical (unpaired) electrons. The Hall–Kier alpha value is -2.32. The quantitative estimate of drug-likeness (QED) is 0.190. The van der Waals surface area contributed by atoms with Gasteiger partial charge in [-0.15, -0.1) is 0 Å². The first kappa shape index (κ1) is 30.7. The van der Waals surface area contributed by atoms with Crippen LogP contribution >= 0.6 is 11.6 Å². The third-order valence-electron chi connectivity index (χ3n) is 9.85. The minimum absolute atomic E-state index is 0.414. The molecule has 1 aromatic heterocycles. The van der Waals surface area contributed by atoms with Crippen LogP contribution in [0.4, 0.5) is 0 Å². The van der Waals surface area contributed by atoms with Crippen molar-refractivity contribution in [2.24, 2.45) is 5.92 Å². The number of likely N-dealkylation sites (tertiary alicyclic amines) is 3. The molecule has 3 saturated heterocycles. The van der Waals surface area contributed by atoms with Crippen LogP contribution in [0.5, 0.6) is 11.5 Å². The van der Waals surface area contributed by atoms with Gasteiger partial charge in [-0.3, -0.25) is 4.90 Å². The molecule has 0 N–H and O–H groups in total. The molecular weight excluding hydrogens is 558 g/mol. The number of imidazole rings is 1. The van der Waals surface area contributed by atoms with Gasteiger partial charge in [-0.1, -0.05) is 17.7 Å². The fourth-order valence-electron chi connectivity index (χ4n) is 7.32. The maximum atomic E-state index is 6.43. The molecule has 3 aliphatic heterocycles. The number of hydrogen-bond acceptors (Lipinski definition) is 6. The summed E-state index contributed by atoms with van der Waals surface area (Å²) in [6.45, 7) is 10.7. The standard InChI is InChI=1S/C35H50ClN5O2/c1-38-23-16-28(17-24-38)8-5-22-41-32-10-4-11-33(35(32)37-34(41)27-43-31-14-12-29(36)13-15-31)42-25-7-21-40-20-6-9-30(40)26-39-18-2-3-19-39/h4,10-15,28,30H,2-3,5-9,16-27H2,1H3. The summed E-state index contributed by atoms with van der Waals surface area (Å²) in [6, 6.07) is 14.7. The highest BCUT2D eigenvalue weighted by Gasteiger charge is 2.27. The van der Waals surface area contributed by atoms with Crippen LogP contribution in [-0.2, 0) is 13.2 Å². The molecular formula is C35H50ClN5O2. The number of fused-ring (bicyclic) bond motifs is 1. The molecule has 43 heavy (non-hydrogen) atoms. The molecule has 2 aromatic carbocycles. The summed E-state index contributed by atoms with van der Waals surface area (Å²) in [6.07, 6.45) is 11.5. The van der Waals surface area contributed by atoms with E-state index in [-0.39, 0.29) is 0 Å². The lowest BCUT2D eigenvalue weighted by Crippen LogP contribution is -2.40. The van der Waals surface area contributed by atoms with E-state index in [2.05, 4.69) is 44.5 Å². The molecule has 3 aliphatic rings. The predicted molar refractivity (Wildman–Crippen MR) is 175 cm³/mol. The molecule has 3 fully saturated rings. The number of piperidine rings is 1. The molecule has 1 atom stereocenters. The van der Waals surface area contributed by atoms with Crippen molar-refractivity contribution in [1.82, 2.24) is 24.3 Å². The van der Waals surface area contributed by atoms with Gasteiger partial charge < -0.3 is 23.8 Å². The number of aryl methyl sites for hydroxylation is 1. The van der Waals surface area contributed by atoms with Crippen LogP contribution in [0.1, 0.15) is 63.6 Å². The zero-order chi connectivity index (χ0) is 29.4. The molecule has 0 saturated carbocycles. The Morgan fingerprint density at radius 1 is 0.860 bits per heavy atom. The number of rotatable bonds is 14. The van der Waals surface area contributed by atoms with Gasteiger partial charge >= 0.3 is 0 Å². The van der Waals surface area contributed by atoms with Gasteiger partial charge in [0.1, 0.15) is 29.4 Å². The Morgan fingerprint density at radius 2 is 1.67 bits per heavy atom. The number of benzene rings is 2. The lowest BCUT2D eigenvalue weighted by molar-refractivity contribution is 0.179. The first-order valence-electron chi connectivity index (χ1n) is 16.8. The average Bonchev–Trinajstić information content (AvgIpc) is 3.78. The van der Waals surface area contributed by atoms with Crippen LogP contribution in [0.15, 0.2) is 42.5 Å². The van der Waals surface area contributed by atoms with Gasteiger partial charge in [0.25, 0.3) is 0 Å². The van der Waals surface area contributed by atoms with E-state index in [0.29, 0.717) is 18.2 Å². The van der Waals surface area contributed by atoms with Crippen LogP contribution in [0.2, 0.25) is 5.02 Å². The second-order valence-corrected chi connectivity index (χ2v) is 13.4. The van der Waals surface area contributed by atoms with E-state index in [1.165, 1.54) is 84.2 Å². The average molecular weight is 608 g/mol. The van der Waals surface area contributed by atoms with Crippen LogP contribution in [-0.4, -0.2) is 89.8 Å². The second kappa shape index (κ2) is 15.1. The molecule has 4 heterocycles. The number of hydrogen-bond donors (Lipinski definition) is 0. The Morgan fingerprint density at radius 3 is 2.49 bits per heavy atom. The highest BCUT2D eigenvalue weighted by Crippen LogP contribution is 2.29. The first-order valence-corrected chi connectivity index (χ1v) is 17.1. The minimum Gasteiger partial charge on any atom is -0.491 e. The van der Waals surface area contributed by atoms with Crippen molar-refractivity contribution < 1.29 is 9.47 Å². The summed E-state index contributed by atoms with van der Waals surface area (Å²) >= 11 is 6.09. The van der Waals surface area contributed by atoms with Gasteiger partial charge in [-0.25, -0.2) is 4.98 Å². The molecule has 7 nitrogen and oxygen atoms in total. The maximum Gasteiger partial charge on any atom is 0.148 e. The van der Waals surface area contributed by atoms with E-state index < -0.39 is 0 Å². The third kappa shape index (κ3) is 8.24. The summed E-state index contributed by atoms with van der Waals surface area (Å²) in [5.41, 5.74) is 2.09. The molecule has 1 unspecified atom stereocenters. The van der Waals surface area contributed by atoms with Gasteiger partial charge in [0.2, 0.25) is 0 Å². The Kier molecular flexibility index (Phi) is 10.8. The van der Waals surface area contributed by atoms with Gasteiger partial charge in [0.05, 0.1) is 12.1 Å². The van der Waals surface area contributed by atoms with Gasteiger partial charge in [0, 0.05) is 30.7 Å². The zero-order valence-electron chi connectivity index (χ0n) is 26.1. The number of nitrogens with zero attached hydrogens (tertiary/aromatic N) is 5. The summed E-state index contributed by atoms with van der Waals surface area (Å²) in [5, 5.41) is 0.710. The molecule has 0 aliphatic carbocycles. The van der Waals surface area contributed by atoms with Crippen molar-refractivity contribution in [3.63, 3.8) is 0 Å². The highest BCUT2D eigenvalue weighted by atomic mass is 35.5. The fraction of sp³-hybridized carbons (Fsp3) is 0.629. The largest absolute Gasteiger partial charge is 0.491 e. The van der Waals surface area contributed by atoms with Gasteiger partial charge in [0.15, 0.2) is 0 Å². The number of halogens is 1. The van der Waals surface area contributed by atoms with E-state index in [1.54, 1.807) is 0 Å². The van der Waals surface area contributed by atoms with E-state index in [9.17, 15) is 0 Å². The van der Waals surface area contributed by atoms with E-state index in [1.807, 2.05) is 24.3 Å². The first-order chi connectivity index (χ1) is 21.1. The molecule has 8 heteroatoms. The van der Waals surface area contributed by atoms with Crippen molar-refractivity contribution in [1.29, 1.82) is 0 Å². The van der Waals surface area contributed by atoms with E-state index >= 15 is 0 Å².